The van der Waals surface area contributed by atoms with Gasteiger partial charge in [-0.1, -0.05) is 19.8 Å². The third kappa shape index (κ3) is 1.74. The molecule has 0 spiro atoms. The van der Waals surface area contributed by atoms with E-state index in [2.05, 4.69) is 0 Å². The Morgan fingerprint density at radius 2 is 1.50 bits per heavy atom. The topological polar surface area (TPSA) is 110 Å². The lowest BCUT2D eigenvalue weighted by molar-refractivity contribution is -0.123. The minimum atomic E-state index is -1.42. The number of phenolic OH excluding ortho intramolecular Hbond substituents is 4. The highest BCUT2D eigenvalue weighted by Gasteiger charge is 2.38. The van der Waals surface area contributed by atoms with Crippen LogP contribution in [0.2, 0.25) is 0 Å². The zero-order chi connectivity index (χ0) is 13.4. The first-order chi connectivity index (χ1) is 8.49. The standard InChI is InChI=1S/C12H16O6/c1-2-3-4-5-6-7(12(17)18-5)9(14)11(16)10(15)8(6)13/h5,12-17H,2-4H2,1H3. The van der Waals surface area contributed by atoms with Crippen LogP contribution in [0, 0.1) is 0 Å². The summed E-state index contributed by atoms with van der Waals surface area (Å²) in [5.41, 5.74) is 0.0626. The number of rotatable bonds is 3. The van der Waals surface area contributed by atoms with Crippen LogP contribution in [0.4, 0.5) is 0 Å². The normalized spacial score (nSPS) is 22.1. The molecule has 5 N–H and O–H groups in total. The van der Waals surface area contributed by atoms with Crippen molar-refractivity contribution in [2.75, 3.05) is 0 Å². The maximum Gasteiger partial charge on any atom is 0.204 e. The van der Waals surface area contributed by atoms with Gasteiger partial charge in [-0.05, 0) is 6.42 Å². The Bertz CT molecular complexity index is 470. The van der Waals surface area contributed by atoms with E-state index in [4.69, 9.17) is 4.74 Å². The quantitative estimate of drug-likeness (QED) is 0.416. The molecule has 0 saturated carbocycles. The summed E-state index contributed by atoms with van der Waals surface area (Å²) >= 11 is 0. The first kappa shape index (κ1) is 12.8. The Labute approximate surface area is 104 Å². The lowest BCUT2D eigenvalue weighted by Crippen LogP contribution is -1.97. The van der Waals surface area contributed by atoms with Gasteiger partial charge in [0.15, 0.2) is 17.8 Å². The van der Waals surface area contributed by atoms with Crippen molar-refractivity contribution in [3.63, 3.8) is 0 Å². The molecule has 0 aliphatic carbocycles. The maximum atomic E-state index is 9.80. The number of ether oxygens (including phenoxy) is 1. The van der Waals surface area contributed by atoms with Gasteiger partial charge in [0.2, 0.25) is 11.5 Å². The van der Waals surface area contributed by atoms with Crippen molar-refractivity contribution < 1.29 is 30.3 Å². The molecule has 1 aliphatic rings. The number of benzene rings is 1. The lowest BCUT2D eigenvalue weighted by Gasteiger charge is -2.13. The van der Waals surface area contributed by atoms with Crippen LogP contribution >= 0.6 is 0 Å². The maximum absolute atomic E-state index is 9.80. The minimum Gasteiger partial charge on any atom is -0.504 e. The van der Waals surface area contributed by atoms with E-state index in [0.717, 1.165) is 12.8 Å². The number of aliphatic hydroxyl groups is 1. The monoisotopic (exact) mass is 256 g/mol. The molecule has 18 heavy (non-hydrogen) atoms. The van der Waals surface area contributed by atoms with Crippen molar-refractivity contribution in [2.24, 2.45) is 0 Å². The molecule has 2 atom stereocenters. The van der Waals surface area contributed by atoms with Crippen LogP contribution in [0.3, 0.4) is 0 Å². The van der Waals surface area contributed by atoms with E-state index < -0.39 is 35.4 Å². The van der Waals surface area contributed by atoms with E-state index in [0.29, 0.717) is 6.42 Å². The van der Waals surface area contributed by atoms with Crippen LogP contribution in [-0.2, 0) is 4.74 Å². The van der Waals surface area contributed by atoms with Gasteiger partial charge in [0, 0.05) is 5.56 Å². The average molecular weight is 256 g/mol. The van der Waals surface area contributed by atoms with Crippen LogP contribution < -0.4 is 0 Å². The first-order valence-electron chi connectivity index (χ1n) is 5.82. The van der Waals surface area contributed by atoms with Crippen molar-refractivity contribution >= 4 is 0 Å². The van der Waals surface area contributed by atoms with E-state index in [1.807, 2.05) is 6.92 Å². The Hall–Kier alpha value is -1.66. The van der Waals surface area contributed by atoms with E-state index in [-0.39, 0.29) is 11.1 Å². The molecule has 0 bridgehead atoms. The van der Waals surface area contributed by atoms with E-state index >= 15 is 0 Å². The molecular weight excluding hydrogens is 240 g/mol. The predicted octanol–water partition coefficient (Wildman–Crippen LogP) is 1.76. The second kappa shape index (κ2) is 4.55. The molecule has 6 nitrogen and oxygen atoms in total. The molecular formula is C12H16O6. The fourth-order valence-corrected chi connectivity index (χ4v) is 2.20. The van der Waals surface area contributed by atoms with E-state index in [1.165, 1.54) is 0 Å². The number of hydrogen-bond donors (Lipinski definition) is 5. The summed E-state index contributed by atoms with van der Waals surface area (Å²) in [5.74, 6) is -2.87. The second-order valence-corrected chi connectivity index (χ2v) is 4.34. The zero-order valence-electron chi connectivity index (χ0n) is 9.92. The lowest BCUT2D eigenvalue weighted by atomic mass is 9.98. The fraction of sp³-hybridized carbons (Fsp3) is 0.500. The zero-order valence-corrected chi connectivity index (χ0v) is 9.92. The number of aliphatic hydroxyl groups excluding tert-OH is 1. The first-order valence-corrected chi connectivity index (χ1v) is 5.82. The van der Waals surface area contributed by atoms with Crippen LogP contribution in [0.15, 0.2) is 0 Å². The SMILES string of the molecule is CCCCC1OC(O)c2c(O)c(O)c(O)c(O)c21. The van der Waals surface area contributed by atoms with Gasteiger partial charge in [0.1, 0.15) is 0 Å². The van der Waals surface area contributed by atoms with Gasteiger partial charge >= 0.3 is 0 Å². The second-order valence-electron chi connectivity index (χ2n) is 4.34. The molecule has 1 aromatic carbocycles. The summed E-state index contributed by atoms with van der Waals surface area (Å²) in [4.78, 5) is 0. The molecule has 0 fully saturated rings. The summed E-state index contributed by atoms with van der Waals surface area (Å²) in [6, 6.07) is 0. The van der Waals surface area contributed by atoms with Gasteiger partial charge in [-0.15, -0.1) is 0 Å². The van der Waals surface area contributed by atoms with Gasteiger partial charge in [-0.3, -0.25) is 0 Å². The molecule has 0 radical (unpaired) electrons. The average Bonchev–Trinajstić information content (AvgIpc) is 2.68. The molecule has 2 unspecified atom stereocenters. The Balaban J connectivity index is 2.52. The number of fused-ring (bicyclic) bond motifs is 1. The summed E-state index contributed by atoms with van der Waals surface area (Å²) < 4.78 is 5.22. The van der Waals surface area contributed by atoms with Crippen LogP contribution in [0.1, 0.15) is 49.7 Å². The predicted molar refractivity (Wildman–Crippen MR) is 61.4 cm³/mol. The number of aromatic hydroxyl groups is 4. The molecule has 6 heteroatoms. The van der Waals surface area contributed by atoms with Crippen molar-refractivity contribution in [1.29, 1.82) is 0 Å². The molecule has 0 amide bonds. The smallest absolute Gasteiger partial charge is 0.204 e. The van der Waals surface area contributed by atoms with Crippen molar-refractivity contribution in [3.05, 3.63) is 11.1 Å². The Morgan fingerprint density at radius 3 is 2.06 bits per heavy atom. The molecule has 100 valence electrons. The Morgan fingerprint density at radius 1 is 0.944 bits per heavy atom. The third-order valence-corrected chi connectivity index (χ3v) is 3.16. The number of hydrogen-bond acceptors (Lipinski definition) is 6. The minimum absolute atomic E-state index is 0.0797. The molecule has 0 saturated heterocycles. The van der Waals surface area contributed by atoms with Gasteiger partial charge in [0.05, 0.1) is 11.7 Å². The molecule has 1 aromatic rings. The molecule has 0 aromatic heterocycles. The summed E-state index contributed by atoms with van der Waals surface area (Å²) in [7, 11) is 0. The highest BCUT2D eigenvalue weighted by Crippen LogP contribution is 2.56. The van der Waals surface area contributed by atoms with Crippen LogP contribution in [0.5, 0.6) is 23.0 Å². The van der Waals surface area contributed by atoms with Gasteiger partial charge in [-0.2, -0.15) is 0 Å². The summed E-state index contributed by atoms with van der Waals surface area (Å²) in [6.45, 7) is 1.98. The van der Waals surface area contributed by atoms with Crippen molar-refractivity contribution in [2.45, 2.75) is 38.6 Å². The van der Waals surface area contributed by atoms with Crippen molar-refractivity contribution in [3.8, 4) is 23.0 Å². The highest BCUT2D eigenvalue weighted by atomic mass is 16.6. The molecule has 2 rings (SSSR count). The number of phenols is 4. The van der Waals surface area contributed by atoms with E-state index in [9.17, 15) is 25.5 Å². The third-order valence-electron chi connectivity index (χ3n) is 3.16. The van der Waals surface area contributed by atoms with E-state index in [1.54, 1.807) is 0 Å². The summed E-state index contributed by atoms with van der Waals surface area (Å²) in [6.07, 6.45) is 0.227. The fourth-order valence-electron chi connectivity index (χ4n) is 2.20. The van der Waals surface area contributed by atoms with Gasteiger partial charge < -0.3 is 30.3 Å². The van der Waals surface area contributed by atoms with Crippen LogP contribution in [-0.4, -0.2) is 25.5 Å². The Kier molecular flexibility index (Phi) is 3.23. The molecule has 1 aliphatic heterocycles. The van der Waals surface area contributed by atoms with Crippen LogP contribution in [0.25, 0.3) is 0 Å². The van der Waals surface area contributed by atoms with Gasteiger partial charge in [-0.25, -0.2) is 0 Å². The molecule has 1 heterocycles. The highest BCUT2D eigenvalue weighted by molar-refractivity contribution is 5.66. The van der Waals surface area contributed by atoms with Gasteiger partial charge in [0.25, 0.3) is 0 Å². The summed E-state index contributed by atoms with van der Waals surface area (Å²) in [5, 5.41) is 48.0. The van der Waals surface area contributed by atoms with Crippen molar-refractivity contribution in [1.82, 2.24) is 0 Å². The largest absolute Gasteiger partial charge is 0.504 e. The number of unbranched alkanes of at least 4 members (excludes halogenated alkanes) is 1.